The van der Waals surface area contributed by atoms with E-state index in [0.717, 1.165) is 32.1 Å². The lowest BCUT2D eigenvalue weighted by Crippen LogP contribution is -2.76. The van der Waals surface area contributed by atoms with Crippen molar-refractivity contribution in [3.63, 3.8) is 0 Å². The minimum absolute atomic E-state index is 0.0244. The molecule has 0 aromatic heterocycles. The number of rotatable bonds is 13. The van der Waals surface area contributed by atoms with E-state index < -0.39 is 24.2 Å². The van der Waals surface area contributed by atoms with Crippen molar-refractivity contribution in [1.82, 2.24) is 25.1 Å². The summed E-state index contributed by atoms with van der Waals surface area (Å²) in [4.78, 5) is 54.5. The summed E-state index contributed by atoms with van der Waals surface area (Å²) in [7, 11) is 0. The number of allylic oxidation sites excluding steroid dienone is 1. The number of halogens is 1. The molecule has 1 aromatic carbocycles. The van der Waals surface area contributed by atoms with E-state index in [1.807, 2.05) is 13.0 Å². The molecule has 0 radical (unpaired) electrons. The molecule has 0 aliphatic carbocycles. The zero-order chi connectivity index (χ0) is 27.7. The van der Waals surface area contributed by atoms with Gasteiger partial charge in [0.15, 0.2) is 0 Å². The minimum atomic E-state index is -1.05. The summed E-state index contributed by atoms with van der Waals surface area (Å²) < 4.78 is 13.3. The first-order valence-electron chi connectivity index (χ1n) is 13.3. The van der Waals surface area contributed by atoms with Crippen LogP contribution in [0.1, 0.15) is 57.4 Å². The van der Waals surface area contributed by atoms with Crippen molar-refractivity contribution < 1.29 is 28.7 Å². The molecule has 2 aliphatic heterocycles. The second kappa shape index (κ2) is 13.9. The molecule has 0 saturated carbocycles. The van der Waals surface area contributed by atoms with E-state index >= 15 is 0 Å². The van der Waals surface area contributed by atoms with E-state index in [1.165, 1.54) is 22.0 Å². The number of hydrogen-bond donors (Lipinski definition) is 2. The molecule has 3 rings (SSSR count). The molecular weight excluding hydrogens is 493 g/mol. The Morgan fingerprint density at radius 1 is 1.16 bits per heavy atom. The first-order valence-corrected chi connectivity index (χ1v) is 13.3. The molecule has 0 spiro atoms. The van der Waals surface area contributed by atoms with Gasteiger partial charge in [0.05, 0.1) is 13.1 Å². The first-order chi connectivity index (χ1) is 18.3. The Morgan fingerprint density at radius 3 is 2.53 bits per heavy atom. The monoisotopic (exact) mass is 531 g/mol. The Hall–Kier alpha value is -3.47. The van der Waals surface area contributed by atoms with E-state index in [4.69, 9.17) is 0 Å². The van der Waals surface area contributed by atoms with Crippen LogP contribution in [0.3, 0.4) is 0 Å². The lowest BCUT2D eigenvalue weighted by molar-refractivity contribution is -0.190. The third kappa shape index (κ3) is 7.31. The molecule has 4 amide bonds. The number of carbonyl (C=O) groups excluding carboxylic acids is 3. The quantitative estimate of drug-likeness (QED) is 0.299. The third-order valence-corrected chi connectivity index (χ3v) is 6.98. The molecule has 208 valence electrons. The van der Waals surface area contributed by atoms with Crippen molar-refractivity contribution >= 4 is 23.8 Å². The predicted octanol–water partition coefficient (Wildman–Crippen LogP) is 2.95. The van der Waals surface area contributed by atoms with E-state index in [9.17, 15) is 28.7 Å². The highest BCUT2D eigenvalue weighted by atomic mass is 19.1. The number of carboxylic acids is 1. The SMILES string of the molecule is C=CCCCCCCN1C[C@H]2N(C(=O)CN(CC)N2C(=O)NCc2ccc(F)cc2)[C@@H](CCC(=O)O)C1=O. The number of nitrogens with zero attached hydrogens (tertiary/aromatic N) is 4. The van der Waals surface area contributed by atoms with Crippen LogP contribution in [-0.4, -0.2) is 87.1 Å². The normalized spacial score (nSPS) is 19.9. The Balaban J connectivity index is 1.80. The zero-order valence-corrected chi connectivity index (χ0v) is 22.0. The zero-order valence-electron chi connectivity index (χ0n) is 22.0. The molecule has 10 nitrogen and oxygen atoms in total. The maximum Gasteiger partial charge on any atom is 0.334 e. The lowest BCUT2D eigenvalue weighted by Gasteiger charge is -2.55. The van der Waals surface area contributed by atoms with Gasteiger partial charge in [-0.2, -0.15) is 0 Å². The molecule has 2 aliphatic rings. The van der Waals surface area contributed by atoms with Crippen LogP contribution >= 0.6 is 0 Å². The molecule has 38 heavy (non-hydrogen) atoms. The topological polar surface area (TPSA) is 114 Å². The summed E-state index contributed by atoms with van der Waals surface area (Å²) in [6.45, 7) is 6.61. The molecule has 1 aromatic rings. The van der Waals surface area contributed by atoms with Gasteiger partial charge in [-0.3, -0.25) is 14.4 Å². The fourth-order valence-corrected chi connectivity index (χ4v) is 5.01. The minimum Gasteiger partial charge on any atom is -0.481 e. The number of fused-ring (bicyclic) bond motifs is 1. The van der Waals surface area contributed by atoms with Crippen LogP contribution < -0.4 is 5.32 Å². The van der Waals surface area contributed by atoms with E-state index in [1.54, 1.807) is 22.0 Å². The van der Waals surface area contributed by atoms with E-state index in [0.29, 0.717) is 18.7 Å². The summed E-state index contributed by atoms with van der Waals surface area (Å²) in [5.41, 5.74) is 0.712. The molecule has 0 bridgehead atoms. The number of carbonyl (C=O) groups is 4. The molecular formula is C27H38FN5O5. The van der Waals surface area contributed by atoms with Crippen LogP contribution in [0.15, 0.2) is 36.9 Å². The molecule has 2 fully saturated rings. The summed E-state index contributed by atoms with van der Waals surface area (Å²) in [5, 5.41) is 15.2. The molecule has 2 heterocycles. The summed E-state index contributed by atoms with van der Waals surface area (Å²) in [6.07, 6.45) is 5.49. The van der Waals surface area contributed by atoms with E-state index in [2.05, 4.69) is 11.9 Å². The van der Waals surface area contributed by atoms with Gasteiger partial charge in [-0.05, 0) is 43.4 Å². The average Bonchev–Trinajstić information content (AvgIpc) is 2.89. The number of amides is 4. The lowest BCUT2D eigenvalue weighted by atomic mass is 10.0. The van der Waals surface area contributed by atoms with Gasteiger partial charge < -0.3 is 20.2 Å². The second-order valence-corrected chi connectivity index (χ2v) is 9.62. The molecule has 2 saturated heterocycles. The van der Waals surface area contributed by atoms with Gasteiger partial charge in [0.2, 0.25) is 11.8 Å². The predicted molar refractivity (Wildman–Crippen MR) is 139 cm³/mol. The summed E-state index contributed by atoms with van der Waals surface area (Å²) in [6, 6.07) is 4.39. The van der Waals surface area contributed by atoms with E-state index in [-0.39, 0.29) is 50.1 Å². The number of likely N-dealkylation sites (N-methyl/N-ethyl adjacent to an activating group) is 1. The van der Waals surface area contributed by atoms with Gasteiger partial charge in [-0.15, -0.1) is 6.58 Å². The highest BCUT2D eigenvalue weighted by Gasteiger charge is 2.50. The summed E-state index contributed by atoms with van der Waals surface area (Å²) >= 11 is 0. The van der Waals surface area contributed by atoms with Gasteiger partial charge in [-0.1, -0.05) is 38.0 Å². The number of carboxylic acid groups (broad SMARTS) is 1. The fourth-order valence-electron chi connectivity index (χ4n) is 5.01. The van der Waals surface area contributed by atoms with Crippen molar-refractivity contribution in [1.29, 1.82) is 0 Å². The smallest absolute Gasteiger partial charge is 0.334 e. The Morgan fingerprint density at radius 2 is 1.87 bits per heavy atom. The third-order valence-electron chi connectivity index (χ3n) is 6.98. The average molecular weight is 532 g/mol. The van der Waals surface area contributed by atoms with Crippen molar-refractivity contribution in [2.45, 2.75) is 70.6 Å². The van der Waals surface area contributed by atoms with Crippen LogP contribution in [-0.2, 0) is 20.9 Å². The van der Waals surface area contributed by atoms with Crippen LogP contribution in [0.5, 0.6) is 0 Å². The number of aliphatic carboxylic acids is 1. The van der Waals surface area contributed by atoms with Crippen molar-refractivity contribution in [3.8, 4) is 0 Å². The van der Waals surface area contributed by atoms with Crippen LogP contribution in [0.25, 0.3) is 0 Å². The fraction of sp³-hybridized carbons (Fsp3) is 0.556. The first kappa shape index (κ1) is 29.1. The Labute approximate surface area is 223 Å². The number of unbranched alkanes of at least 4 members (excludes halogenated alkanes) is 4. The van der Waals surface area contributed by atoms with Crippen molar-refractivity contribution in [2.75, 3.05) is 26.2 Å². The largest absolute Gasteiger partial charge is 0.481 e. The van der Waals surface area contributed by atoms with Crippen LogP contribution in [0.4, 0.5) is 9.18 Å². The van der Waals surface area contributed by atoms with Gasteiger partial charge >= 0.3 is 12.0 Å². The molecule has 0 unspecified atom stereocenters. The molecule has 2 atom stereocenters. The van der Waals surface area contributed by atoms with Crippen LogP contribution in [0, 0.1) is 5.82 Å². The number of hydrazine groups is 1. The van der Waals surface area contributed by atoms with Crippen LogP contribution in [0.2, 0.25) is 0 Å². The number of hydrogen-bond acceptors (Lipinski definition) is 5. The number of nitrogens with one attached hydrogen (secondary N) is 1. The van der Waals surface area contributed by atoms with Gasteiger partial charge in [0.25, 0.3) is 0 Å². The highest BCUT2D eigenvalue weighted by molar-refractivity contribution is 5.91. The Bertz CT molecular complexity index is 1000. The molecule has 11 heteroatoms. The number of urea groups is 1. The standard InChI is InChI=1S/C27H38FN5O5/c1-3-5-6-7-8-9-16-30-18-23-32(22(26(30)37)14-15-25(35)36)24(34)19-31(4-2)33(23)27(38)29-17-20-10-12-21(28)13-11-20/h3,10-13,22-23H,1,4-9,14-19H2,2H3,(H,29,38)(H,35,36)/t22-,23-/m0/s1. The summed E-state index contributed by atoms with van der Waals surface area (Å²) in [5.74, 6) is -2.02. The maximum absolute atomic E-state index is 13.4. The van der Waals surface area contributed by atoms with Gasteiger partial charge in [-0.25, -0.2) is 19.2 Å². The van der Waals surface area contributed by atoms with Gasteiger partial charge in [0.1, 0.15) is 18.0 Å². The van der Waals surface area contributed by atoms with Crippen molar-refractivity contribution in [2.24, 2.45) is 0 Å². The highest BCUT2D eigenvalue weighted by Crippen LogP contribution is 2.29. The Kier molecular flexibility index (Phi) is 10.6. The number of piperazine rings is 1. The second-order valence-electron chi connectivity index (χ2n) is 9.62. The van der Waals surface area contributed by atoms with Gasteiger partial charge in [0, 0.05) is 26.1 Å². The maximum atomic E-state index is 13.4. The van der Waals surface area contributed by atoms with Crippen molar-refractivity contribution in [3.05, 3.63) is 48.3 Å². The number of benzene rings is 1. The molecule has 2 N–H and O–H groups in total.